The molecule has 6 aromatic rings. The molecule has 0 unspecified atom stereocenters. The number of nitrogens with zero attached hydrogens (tertiary/aromatic N) is 9. The molecule has 0 amide bonds. The van der Waals surface area contributed by atoms with E-state index in [4.69, 9.17) is 27.8 Å². The van der Waals surface area contributed by atoms with Gasteiger partial charge in [-0.05, 0) is 121 Å². The van der Waals surface area contributed by atoms with E-state index >= 15 is 0 Å². The number of H-pyrrole nitrogens is 1. The van der Waals surface area contributed by atoms with Crippen LogP contribution in [0.4, 0.5) is 23.3 Å². The molecule has 2 aromatic carbocycles. The Bertz CT molecular complexity index is 2690. The van der Waals surface area contributed by atoms with Crippen molar-refractivity contribution in [1.29, 1.82) is 0 Å². The highest BCUT2D eigenvalue weighted by Crippen LogP contribution is 2.37. The van der Waals surface area contributed by atoms with Gasteiger partial charge < -0.3 is 24.9 Å². The lowest BCUT2D eigenvalue weighted by Crippen LogP contribution is -2.53. The number of hydrogen-bond donors (Lipinski definition) is 3. The van der Waals surface area contributed by atoms with Crippen LogP contribution in [0.3, 0.4) is 0 Å². The van der Waals surface area contributed by atoms with Gasteiger partial charge in [-0.25, -0.2) is 29.6 Å². The SMILES string of the molecule is [C-]#[N+]c1ccc2c(-c3nc(N[C@@H]4CC[C@H]4N4CCCC4)ncc3C)c[nH]c2c1.[C-]#[N+]c1ccc2c(-c3nc(N[C@@H]4CC[C@H]4N4CCCC4)ncc3C)cn(COCC[Si](C)(C)C)c2c1. The Morgan fingerprint density at radius 2 is 1.28 bits per heavy atom. The normalized spacial score (nSPS) is 21.2. The molecular formula is C50H62N12OSi. The molecule has 13 nitrogen and oxygen atoms in total. The molecule has 64 heavy (non-hydrogen) atoms. The first-order valence-corrected chi connectivity index (χ1v) is 27.0. The second-order valence-corrected chi connectivity index (χ2v) is 25.1. The third-order valence-corrected chi connectivity index (χ3v) is 15.5. The summed E-state index contributed by atoms with van der Waals surface area (Å²) in [5, 5.41) is 9.40. The molecule has 2 aliphatic heterocycles. The predicted octanol–water partition coefficient (Wildman–Crippen LogP) is 10.8. The van der Waals surface area contributed by atoms with Gasteiger partial charge in [0, 0.05) is 96.6 Å². The molecule has 0 spiro atoms. The number of aromatic amines is 1. The average Bonchev–Trinajstić information content (AvgIpc) is 4.12. The second-order valence-electron chi connectivity index (χ2n) is 19.4. The Morgan fingerprint density at radius 3 is 1.81 bits per heavy atom. The highest BCUT2D eigenvalue weighted by atomic mass is 28.3. The number of hydrogen-bond acceptors (Lipinski definition) is 9. The van der Waals surface area contributed by atoms with Crippen molar-refractivity contribution in [2.45, 2.75) is 122 Å². The van der Waals surface area contributed by atoms with Crippen molar-refractivity contribution in [3.8, 4) is 22.5 Å². The van der Waals surface area contributed by atoms with Crippen molar-refractivity contribution in [2.24, 2.45) is 0 Å². The summed E-state index contributed by atoms with van der Waals surface area (Å²) in [6.45, 7) is 32.0. The summed E-state index contributed by atoms with van der Waals surface area (Å²) in [5.41, 5.74) is 9.32. The molecule has 10 rings (SSSR count). The van der Waals surface area contributed by atoms with Gasteiger partial charge in [0.1, 0.15) is 6.73 Å². The largest absolute Gasteiger partial charge is 0.362 e. The fourth-order valence-corrected chi connectivity index (χ4v) is 10.5. The Kier molecular flexibility index (Phi) is 12.8. The lowest BCUT2D eigenvalue weighted by molar-refractivity contribution is 0.0903. The number of fused-ring (bicyclic) bond motifs is 2. The first kappa shape index (κ1) is 43.6. The summed E-state index contributed by atoms with van der Waals surface area (Å²) in [6, 6.07) is 14.8. The molecule has 4 aromatic heterocycles. The van der Waals surface area contributed by atoms with Crippen LogP contribution in [0.25, 0.3) is 54.0 Å². The minimum atomic E-state index is -1.15. The number of benzene rings is 2. The Balaban J connectivity index is 0.000000167. The van der Waals surface area contributed by atoms with Gasteiger partial charge in [0.15, 0.2) is 11.4 Å². The quantitative estimate of drug-likeness (QED) is 0.0592. The summed E-state index contributed by atoms with van der Waals surface area (Å²) in [6.07, 6.45) is 18.1. The van der Waals surface area contributed by atoms with E-state index in [9.17, 15) is 0 Å². The first-order valence-electron chi connectivity index (χ1n) is 23.3. The zero-order chi connectivity index (χ0) is 44.4. The average molecular weight is 875 g/mol. The molecule has 332 valence electrons. The molecule has 2 aliphatic carbocycles. The van der Waals surface area contributed by atoms with Gasteiger partial charge in [0.2, 0.25) is 11.9 Å². The van der Waals surface area contributed by atoms with E-state index in [-0.39, 0.29) is 0 Å². The molecule has 3 N–H and O–H groups in total. The van der Waals surface area contributed by atoms with Crippen LogP contribution in [0.1, 0.15) is 62.5 Å². The number of ether oxygens (including phenoxy) is 1. The fraction of sp³-hybridized carbons (Fsp3) is 0.480. The van der Waals surface area contributed by atoms with Gasteiger partial charge in [0.25, 0.3) is 0 Å². The van der Waals surface area contributed by atoms with E-state index in [0.717, 1.165) is 68.1 Å². The summed E-state index contributed by atoms with van der Waals surface area (Å²) in [5.74, 6) is 1.41. The number of likely N-dealkylation sites (tertiary alicyclic amines) is 2. The summed E-state index contributed by atoms with van der Waals surface area (Å²) >= 11 is 0. The molecular weight excluding hydrogens is 813 g/mol. The summed E-state index contributed by atoms with van der Waals surface area (Å²) < 4.78 is 8.20. The first-order chi connectivity index (χ1) is 31.0. The Labute approximate surface area is 378 Å². The van der Waals surface area contributed by atoms with E-state index < -0.39 is 8.07 Å². The summed E-state index contributed by atoms with van der Waals surface area (Å²) in [7, 11) is -1.15. The van der Waals surface area contributed by atoms with E-state index in [2.05, 4.69) is 82.4 Å². The van der Waals surface area contributed by atoms with Crippen molar-refractivity contribution in [3.63, 3.8) is 0 Å². The third kappa shape index (κ3) is 9.43. The Hall–Kier alpha value is -5.64. The van der Waals surface area contributed by atoms with Gasteiger partial charge in [-0.15, -0.1) is 0 Å². The van der Waals surface area contributed by atoms with Gasteiger partial charge in [-0.1, -0.05) is 43.9 Å². The van der Waals surface area contributed by atoms with Crippen LogP contribution >= 0.6 is 0 Å². The van der Waals surface area contributed by atoms with Crippen LogP contribution in [0, 0.1) is 27.0 Å². The maximum atomic E-state index is 7.48. The maximum absolute atomic E-state index is 7.48. The lowest BCUT2D eigenvalue weighted by atomic mass is 9.85. The molecule has 2 saturated heterocycles. The fourth-order valence-electron chi connectivity index (χ4n) is 9.79. The van der Waals surface area contributed by atoms with Gasteiger partial charge in [0.05, 0.1) is 24.5 Å². The number of aromatic nitrogens is 6. The maximum Gasteiger partial charge on any atom is 0.223 e. The lowest BCUT2D eigenvalue weighted by Gasteiger charge is -2.43. The van der Waals surface area contributed by atoms with Crippen molar-refractivity contribution in [1.82, 2.24) is 39.3 Å². The molecule has 0 bridgehead atoms. The van der Waals surface area contributed by atoms with Crippen molar-refractivity contribution >= 4 is 53.2 Å². The topological polar surface area (TPSA) is 121 Å². The molecule has 6 heterocycles. The van der Waals surface area contributed by atoms with Crippen LogP contribution in [-0.4, -0.2) is 104 Å². The summed E-state index contributed by atoms with van der Waals surface area (Å²) in [4.78, 5) is 34.8. The minimum Gasteiger partial charge on any atom is -0.362 e. The number of aryl methyl sites for hydroxylation is 2. The van der Waals surface area contributed by atoms with Gasteiger partial charge >= 0.3 is 0 Å². The van der Waals surface area contributed by atoms with Crippen molar-refractivity contribution in [3.05, 3.63) is 95.1 Å². The van der Waals surface area contributed by atoms with Crippen LogP contribution < -0.4 is 10.6 Å². The van der Waals surface area contributed by atoms with Crippen LogP contribution in [0.2, 0.25) is 25.7 Å². The molecule has 0 radical (unpaired) electrons. The number of nitrogens with one attached hydrogen (secondary N) is 3. The molecule has 4 fully saturated rings. The number of rotatable bonds is 13. The Morgan fingerprint density at radius 1 is 0.734 bits per heavy atom. The number of anilines is 2. The van der Waals surface area contributed by atoms with Gasteiger partial charge in [-0.3, -0.25) is 9.80 Å². The van der Waals surface area contributed by atoms with E-state index in [0.29, 0.717) is 54.2 Å². The second kappa shape index (κ2) is 18.8. The molecule has 14 heteroatoms. The predicted molar refractivity (Wildman–Crippen MR) is 261 cm³/mol. The van der Waals surface area contributed by atoms with Crippen molar-refractivity contribution in [2.75, 3.05) is 43.4 Å². The van der Waals surface area contributed by atoms with E-state index in [1.54, 1.807) is 0 Å². The smallest absolute Gasteiger partial charge is 0.223 e. The van der Waals surface area contributed by atoms with Gasteiger partial charge in [-0.2, -0.15) is 0 Å². The van der Waals surface area contributed by atoms with Crippen LogP contribution in [0.15, 0.2) is 61.2 Å². The van der Waals surface area contributed by atoms with E-state index in [1.807, 2.05) is 61.9 Å². The van der Waals surface area contributed by atoms with E-state index in [1.165, 1.54) is 77.5 Å². The third-order valence-electron chi connectivity index (χ3n) is 13.8. The standard InChI is InChI=1S/C28H38N6OSi.C22H24N6/c1-20-17-30-28(31-24-10-11-25(24)33-12-6-7-13-33)32-27(20)23-18-34(19-35-14-15-36(3,4)5)26-16-21(29-2)8-9-22(23)26;1-14-12-25-22(26-18-7-8-20(18)28-9-3-4-10-28)27-21(14)17-13-24-19-11-15(23-2)5-6-16(17)19/h8-9,16-18,24-25H,6-7,10-15,19H2,1,3-5H3,(H,30,31,32);5-6,11-13,18,20,24H,3-4,7-10H2,1H3,(H,25,26,27)/t24-,25-;18-,20-/m11/s1. The molecule has 2 saturated carbocycles. The molecule has 4 aliphatic rings. The van der Waals surface area contributed by atoms with Crippen LogP contribution in [-0.2, 0) is 11.5 Å². The van der Waals surface area contributed by atoms with Crippen LogP contribution in [0.5, 0.6) is 0 Å². The monoisotopic (exact) mass is 874 g/mol. The van der Waals surface area contributed by atoms with Crippen molar-refractivity contribution < 1.29 is 4.74 Å². The zero-order valence-corrected chi connectivity index (χ0v) is 39.1. The minimum absolute atomic E-state index is 0.418. The highest BCUT2D eigenvalue weighted by molar-refractivity contribution is 6.76. The zero-order valence-electron chi connectivity index (χ0n) is 38.1. The highest BCUT2D eigenvalue weighted by Gasteiger charge is 2.38. The molecule has 4 atom stereocenters.